The van der Waals surface area contributed by atoms with Crippen LogP contribution in [0.4, 0.5) is 0 Å². The molecule has 1 N–H and O–H groups in total. The van der Waals surface area contributed by atoms with E-state index < -0.39 is 5.97 Å². The Morgan fingerprint density at radius 3 is 3.27 bits per heavy atom. The van der Waals surface area contributed by atoms with Gasteiger partial charge in [0.1, 0.15) is 0 Å². The first-order valence-electron chi connectivity index (χ1n) is 4.96. The number of ether oxygens (including phenoxy) is 1. The summed E-state index contributed by atoms with van der Waals surface area (Å²) in [6.45, 7) is 1.43. The van der Waals surface area contributed by atoms with Crippen LogP contribution in [0.15, 0.2) is 6.20 Å². The molecule has 0 spiro atoms. The second kappa shape index (κ2) is 4.39. The second-order valence-electron chi connectivity index (χ2n) is 3.63. The van der Waals surface area contributed by atoms with E-state index in [9.17, 15) is 4.79 Å². The van der Waals surface area contributed by atoms with Crippen molar-refractivity contribution in [3.05, 3.63) is 11.9 Å². The van der Waals surface area contributed by atoms with Gasteiger partial charge in [-0.1, -0.05) is 5.21 Å². The SMILES string of the molecule is O=C(O)Cc1cn(C2CCCOC2)nn1. The molecule has 1 aliphatic rings. The molecule has 2 heterocycles. The van der Waals surface area contributed by atoms with E-state index in [1.807, 2.05) is 0 Å². The molecular formula is C9H13N3O3. The van der Waals surface area contributed by atoms with Gasteiger partial charge in [-0.05, 0) is 12.8 Å². The minimum absolute atomic E-state index is 0.0758. The number of rotatable bonds is 3. The zero-order valence-electron chi connectivity index (χ0n) is 8.30. The lowest BCUT2D eigenvalue weighted by Crippen LogP contribution is -2.21. The van der Waals surface area contributed by atoms with Gasteiger partial charge < -0.3 is 9.84 Å². The minimum atomic E-state index is -0.887. The summed E-state index contributed by atoms with van der Waals surface area (Å²) in [5.41, 5.74) is 0.494. The van der Waals surface area contributed by atoms with Crippen molar-refractivity contribution in [2.45, 2.75) is 25.3 Å². The van der Waals surface area contributed by atoms with Gasteiger partial charge in [0, 0.05) is 12.8 Å². The zero-order valence-corrected chi connectivity index (χ0v) is 8.30. The molecule has 0 bridgehead atoms. The molecule has 1 aromatic rings. The third-order valence-corrected chi connectivity index (χ3v) is 2.40. The molecule has 0 radical (unpaired) electrons. The van der Waals surface area contributed by atoms with Gasteiger partial charge in [0.15, 0.2) is 0 Å². The fraction of sp³-hybridized carbons (Fsp3) is 0.667. The predicted octanol–water partition coefficient (Wildman–Crippen LogP) is 0.257. The highest BCUT2D eigenvalue weighted by Crippen LogP contribution is 2.18. The summed E-state index contributed by atoms with van der Waals surface area (Å²) in [5, 5.41) is 16.3. The Labute approximate surface area is 86.8 Å². The number of carboxylic acids is 1. The maximum atomic E-state index is 10.5. The summed E-state index contributed by atoms with van der Waals surface area (Å²) in [7, 11) is 0. The van der Waals surface area contributed by atoms with Crippen LogP contribution in [-0.4, -0.2) is 39.3 Å². The van der Waals surface area contributed by atoms with Gasteiger partial charge in [-0.25, -0.2) is 4.68 Å². The van der Waals surface area contributed by atoms with Crippen molar-refractivity contribution in [1.29, 1.82) is 0 Å². The van der Waals surface area contributed by atoms with Gasteiger partial charge in [-0.2, -0.15) is 0 Å². The van der Waals surface area contributed by atoms with Crippen molar-refractivity contribution in [3.63, 3.8) is 0 Å². The van der Waals surface area contributed by atoms with E-state index in [1.165, 1.54) is 0 Å². The molecule has 1 saturated heterocycles. The third-order valence-electron chi connectivity index (χ3n) is 2.40. The van der Waals surface area contributed by atoms with Crippen molar-refractivity contribution in [3.8, 4) is 0 Å². The molecule has 6 heteroatoms. The molecule has 15 heavy (non-hydrogen) atoms. The van der Waals surface area contributed by atoms with Crippen LogP contribution in [0.25, 0.3) is 0 Å². The maximum absolute atomic E-state index is 10.5. The molecule has 6 nitrogen and oxygen atoms in total. The van der Waals surface area contributed by atoms with Crippen molar-refractivity contribution in [2.75, 3.05) is 13.2 Å². The fourth-order valence-corrected chi connectivity index (χ4v) is 1.66. The summed E-state index contributed by atoms with van der Waals surface area (Å²) in [6, 6.07) is 0.203. The molecule has 1 fully saturated rings. The first-order chi connectivity index (χ1) is 7.25. The Kier molecular flexibility index (Phi) is 2.96. The summed E-state index contributed by atoms with van der Waals surface area (Å²) >= 11 is 0. The van der Waals surface area contributed by atoms with Gasteiger partial charge in [-0.15, -0.1) is 5.10 Å². The van der Waals surface area contributed by atoms with Crippen molar-refractivity contribution in [2.24, 2.45) is 0 Å². The number of hydrogen-bond acceptors (Lipinski definition) is 4. The number of nitrogens with zero attached hydrogens (tertiary/aromatic N) is 3. The van der Waals surface area contributed by atoms with Crippen LogP contribution in [0.3, 0.4) is 0 Å². The smallest absolute Gasteiger partial charge is 0.309 e. The third kappa shape index (κ3) is 2.53. The van der Waals surface area contributed by atoms with E-state index in [0.29, 0.717) is 12.3 Å². The highest BCUT2D eigenvalue weighted by molar-refractivity contribution is 5.69. The molecular weight excluding hydrogens is 198 g/mol. The lowest BCUT2D eigenvalue weighted by Gasteiger charge is -2.21. The fourth-order valence-electron chi connectivity index (χ4n) is 1.66. The monoisotopic (exact) mass is 211 g/mol. The molecule has 1 aromatic heterocycles. The standard InChI is InChI=1S/C9H13N3O3/c13-9(14)4-7-5-12(11-10-7)8-2-1-3-15-6-8/h5,8H,1-4,6H2,(H,13,14). The van der Waals surface area contributed by atoms with Gasteiger partial charge in [0.05, 0.1) is 24.8 Å². The Hall–Kier alpha value is -1.43. The predicted molar refractivity (Wildman–Crippen MR) is 50.5 cm³/mol. The zero-order chi connectivity index (χ0) is 10.7. The molecule has 2 rings (SSSR count). The normalized spacial score (nSPS) is 21.5. The Balaban J connectivity index is 2.02. The topological polar surface area (TPSA) is 77.2 Å². The van der Waals surface area contributed by atoms with Gasteiger partial charge in [0.25, 0.3) is 0 Å². The van der Waals surface area contributed by atoms with Crippen LogP contribution in [0, 0.1) is 0 Å². The van der Waals surface area contributed by atoms with Crippen LogP contribution in [-0.2, 0) is 16.0 Å². The van der Waals surface area contributed by atoms with Crippen LogP contribution in [0.5, 0.6) is 0 Å². The van der Waals surface area contributed by atoms with Crippen LogP contribution in [0.1, 0.15) is 24.6 Å². The summed E-state index contributed by atoms with van der Waals surface area (Å²) in [5.74, 6) is -0.887. The average Bonchev–Trinajstić information content (AvgIpc) is 2.67. The molecule has 0 aromatic carbocycles. The molecule has 0 saturated carbocycles. The van der Waals surface area contributed by atoms with E-state index in [2.05, 4.69) is 10.3 Å². The molecule has 1 unspecified atom stereocenters. The second-order valence-corrected chi connectivity index (χ2v) is 3.63. The maximum Gasteiger partial charge on any atom is 0.309 e. The number of aromatic nitrogens is 3. The number of carboxylic acid groups (broad SMARTS) is 1. The summed E-state index contributed by atoms with van der Waals surface area (Å²) in [4.78, 5) is 10.5. The van der Waals surface area contributed by atoms with Gasteiger partial charge in [0.2, 0.25) is 0 Å². The highest BCUT2D eigenvalue weighted by Gasteiger charge is 2.17. The van der Waals surface area contributed by atoms with E-state index in [-0.39, 0.29) is 12.5 Å². The van der Waals surface area contributed by atoms with Crippen LogP contribution in [0.2, 0.25) is 0 Å². The van der Waals surface area contributed by atoms with Crippen LogP contribution >= 0.6 is 0 Å². The van der Waals surface area contributed by atoms with E-state index >= 15 is 0 Å². The average molecular weight is 211 g/mol. The minimum Gasteiger partial charge on any atom is -0.481 e. The quantitative estimate of drug-likeness (QED) is 0.775. The lowest BCUT2D eigenvalue weighted by atomic mass is 10.1. The first-order valence-corrected chi connectivity index (χ1v) is 4.96. The molecule has 1 atom stereocenters. The number of aliphatic carboxylic acids is 1. The van der Waals surface area contributed by atoms with Gasteiger partial charge in [-0.3, -0.25) is 4.79 Å². The highest BCUT2D eigenvalue weighted by atomic mass is 16.5. The van der Waals surface area contributed by atoms with E-state index in [1.54, 1.807) is 10.9 Å². The van der Waals surface area contributed by atoms with E-state index in [0.717, 1.165) is 19.4 Å². The van der Waals surface area contributed by atoms with Crippen molar-refractivity contribution < 1.29 is 14.6 Å². The summed E-state index contributed by atoms with van der Waals surface area (Å²) in [6.07, 6.45) is 3.63. The Morgan fingerprint density at radius 2 is 2.60 bits per heavy atom. The summed E-state index contributed by atoms with van der Waals surface area (Å²) < 4.78 is 7.03. The van der Waals surface area contributed by atoms with Gasteiger partial charge >= 0.3 is 5.97 Å². The molecule has 0 aliphatic carbocycles. The van der Waals surface area contributed by atoms with E-state index in [4.69, 9.17) is 9.84 Å². The molecule has 82 valence electrons. The van der Waals surface area contributed by atoms with Crippen molar-refractivity contribution >= 4 is 5.97 Å². The number of carbonyl (C=O) groups is 1. The molecule has 0 amide bonds. The largest absolute Gasteiger partial charge is 0.481 e. The Bertz CT molecular complexity index is 344. The first kappa shape index (κ1) is 10.1. The lowest BCUT2D eigenvalue weighted by molar-refractivity contribution is -0.136. The number of hydrogen-bond donors (Lipinski definition) is 1. The Morgan fingerprint density at radius 1 is 1.73 bits per heavy atom. The molecule has 1 aliphatic heterocycles. The van der Waals surface area contributed by atoms with Crippen LogP contribution < -0.4 is 0 Å². The van der Waals surface area contributed by atoms with Crippen molar-refractivity contribution in [1.82, 2.24) is 15.0 Å².